The molecule has 0 radical (unpaired) electrons. The molecule has 1 aliphatic rings. The molecule has 11 nitrogen and oxygen atoms in total. The Morgan fingerprint density at radius 2 is 1.85 bits per heavy atom. The fraction of sp³-hybridized carbons (Fsp3) is 0.310. The maximum Gasteiger partial charge on any atom is 0.269 e. The molecular weight excluding hydrogens is 546 g/mol. The van der Waals surface area contributed by atoms with E-state index in [0.717, 1.165) is 19.6 Å². The third kappa shape index (κ3) is 6.39. The summed E-state index contributed by atoms with van der Waals surface area (Å²) in [4.78, 5) is 41.8. The third-order valence-corrected chi connectivity index (χ3v) is 8.90. The zero-order chi connectivity index (χ0) is 29.9. The lowest BCUT2D eigenvalue weighted by Crippen LogP contribution is -2.35. The van der Waals surface area contributed by atoms with Crippen molar-refractivity contribution in [1.82, 2.24) is 15.2 Å². The minimum absolute atomic E-state index is 0.0159. The largest absolute Gasteiger partial charge is 0.358 e. The number of sulfone groups is 1. The van der Waals surface area contributed by atoms with E-state index in [1.165, 1.54) is 42.5 Å². The zero-order valence-corrected chi connectivity index (χ0v) is 24.2. The Hall–Kier alpha value is -4.29. The van der Waals surface area contributed by atoms with Gasteiger partial charge < -0.3 is 20.5 Å². The zero-order valence-electron chi connectivity index (χ0n) is 23.4. The van der Waals surface area contributed by atoms with E-state index in [9.17, 15) is 28.1 Å². The molecule has 2 aromatic carbocycles. The van der Waals surface area contributed by atoms with Crippen LogP contribution in [0.1, 0.15) is 52.3 Å². The predicted octanol–water partition coefficient (Wildman–Crippen LogP) is 4.08. The van der Waals surface area contributed by atoms with Crippen molar-refractivity contribution in [2.45, 2.75) is 38.3 Å². The summed E-state index contributed by atoms with van der Waals surface area (Å²) >= 11 is 0. The number of fused-ring (bicyclic) bond motifs is 1. The predicted molar refractivity (Wildman–Crippen MR) is 157 cm³/mol. The van der Waals surface area contributed by atoms with Gasteiger partial charge in [-0.05, 0) is 62.3 Å². The average Bonchev–Trinajstić information content (AvgIpc) is 3.39. The summed E-state index contributed by atoms with van der Waals surface area (Å²) in [6, 6.07) is 9.84. The summed E-state index contributed by atoms with van der Waals surface area (Å²) in [6.45, 7) is 10.8. The van der Waals surface area contributed by atoms with Crippen LogP contribution in [0.25, 0.3) is 11.6 Å². The molecule has 0 fully saturated rings. The number of likely N-dealkylation sites (N-methyl/N-ethyl adjacent to an activating group) is 1. The van der Waals surface area contributed by atoms with Crippen molar-refractivity contribution in [2.24, 2.45) is 0 Å². The van der Waals surface area contributed by atoms with Gasteiger partial charge in [0.2, 0.25) is 0 Å². The van der Waals surface area contributed by atoms with Gasteiger partial charge in [0, 0.05) is 47.9 Å². The van der Waals surface area contributed by atoms with E-state index in [-0.39, 0.29) is 27.6 Å². The van der Waals surface area contributed by atoms with Gasteiger partial charge in [-0.15, -0.1) is 0 Å². The van der Waals surface area contributed by atoms with Gasteiger partial charge in [0.15, 0.2) is 9.84 Å². The summed E-state index contributed by atoms with van der Waals surface area (Å²) in [5.41, 5.74) is 3.61. The second-order valence-corrected chi connectivity index (χ2v) is 11.8. The summed E-state index contributed by atoms with van der Waals surface area (Å²) in [5.74, 6) is -1.04. The van der Waals surface area contributed by atoms with Crippen LogP contribution >= 0.6 is 0 Å². The smallest absolute Gasteiger partial charge is 0.269 e. The van der Waals surface area contributed by atoms with E-state index in [0.29, 0.717) is 40.3 Å². The molecule has 41 heavy (non-hydrogen) atoms. The fourth-order valence-electron chi connectivity index (χ4n) is 4.93. The molecule has 1 aliphatic heterocycles. The van der Waals surface area contributed by atoms with Gasteiger partial charge in [-0.1, -0.05) is 26.0 Å². The molecule has 12 heteroatoms. The van der Waals surface area contributed by atoms with Crippen LogP contribution in [0, 0.1) is 24.0 Å². The van der Waals surface area contributed by atoms with Crippen LogP contribution in [-0.4, -0.2) is 61.2 Å². The molecule has 4 rings (SSSR count). The summed E-state index contributed by atoms with van der Waals surface area (Å²) in [7, 11) is -3.89. The monoisotopic (exact) mass is 579 g/mol. The van der Waals surface area contributed by atoms with E-state index in [4.69, 9.17) is 0 Å². The molecule has 216 valence electrons. The van der Waals surface area contributed by atoms with Crippen LogP contribution in [0.5, 0.6) is 0 Å². The molecule has 0 saturated carbocycles. The van der Waals surface area contributed by atoms with Crippen molar-refractivity contribution in [2.75, 3.05) is 31.5 Å². The van der Waals surface area contributed by atoms with E-state index in [2.05, 4.69) is 34.4 Å². The maximum absolute atomic E-state index is 13.2. The van der Waals surface area contributed by atoms with E-state index in [1.54, 1.807) is 19.9 Å². The minimum atomic E-state index is -3.89. The van der Waals surface area contributed by atoms with Gasteiger partial charge in [-0.3, -0.25) is 19.7 Å². The van der Waals surface area contributed by atoms with Crippen LogP contribution < -0.4 is 10.6 Å². The van der Waals surface area contributed by atoms with Crippen molar-refractivity contribution in [1.29, 1.82) is 0 Å². The highest BCUT2D eigenvalue weighted by molar-refractivity contribution is 7.90. The topological polar surface area (TPSA) is 155 Å². The van der Waals surface area contributed by atoms with Gasteiger partial charge >= 0.3 is 0 Å². The van der Waals surface area contributed by atoms with Gasteiger partial charge in [-0.25, -0.2) is 8.42 Å². The number of nitrogens with one attached hydrogen (secondary N) is 3. The number of benzene rings is 2. The molecule has 1 aromatic heterocycles. The number of aromatic nitrogens is 1. The Morgan fingerprint density at radius 3 is 2.54 bits per heavy atom. The molecule has 3 N–H and O–H groups in total. The van der Waals surface area contributed by atoms with Crippen LogP contribution in [-0.2, 0) is 20.4 Å². The van der Waals surface area contributed by atoms with Crippen LogP contribution in [0.15, 0.2) is 47.4 Å². The van der Waals surface area contributed by atoms with Crippen molar-refractivity contribution < 1.29 is 22.9 Å². The number of hydrogen-bond acceptors (Lipinski definition) is 7. The molecule has 0 atom stereocenters. The number of aryl methyl sites for hydroxylation is 1. The SMILES string of the molecule is CCN(CC)CCNC(=O)c1c(C)[nH]c(C=C2C(=O)Nc3ccc(S(=O)(=O)Cc4cccc([N+](=O)[O-])c4)cc32)c1C. The standard InChI is InChI=1S/C29H33N5O6S/c1-5-33(6-2)13-12-30-29(36)27-18(3)26(31-19(27)4)16-24-23-15-22(10-11-25(23)32-28(24)35)41(39,40)17-20-8-7-9-21(14-20)34(37)38/h7-11,14-16,31H,5-6,12-13,17H2,1-4H3,(H,30,36)(H,32,35). The van der Waals surface area contributed by atoms with Crippen LogP contribution in [0.3, 0.4) is 0 Å². The van der Waals surface area contributed by atoms with Crippen molar-refractivity contribution in [3.05, 3.63) is 86.2 Å². The first-order valence-corrected chi connectivity index (χ1v) is 14.9. The third-order valence-electron chi connectivity index (χ3n) is 7.21. The number of hydrogen-bond donors (Lipinski definition) is 3. The van der Waals surface area contributed by atoms with E-state index < -0.39 is 26.4 Å². The molecule has 2 amide bonds. The highest BCUT2D eigenvalue weighted by Crippen LogP contribution is 2.36. The molecule has 3 aromatic rings. The normalized spacial score (nSPS) is 13.9. The van der Waals surface area contributed by atoms with Gasteiger partial charge in [0.05, 0.1) is 26.7 Å². The number of aromatic amines is 1. The lowest BCUT2D eigenvalue weighted by atomic mass is 10.0. The fourth-order valence-corrected chi connectivity index (χ4v) is 6.28. The number of non-ortho nitro benzene ring substituents is 1. The molecular formula is C29H33N5O6S. The molecule has 0 unspecified atom stereocenters. The summed E-state index contributed by atoms with van der Waals surface area (Å²) < 4.78 is 26.4. The Kier molecular flexibility index (Phi) is 8.74. The lowest BCUT2D eigenvalue weighted by Gasteiger charge is -2.18. The molecule has 2 heterocycles. The van der Waals surface area contributed by atoms with Crippen molar-refractivity contribution >= 4 is 44.7 Å². The number of carbonyl (C=O) groups excluding carboxylic acids is 2. The molecule has 0 spiro atoms. The van der Waals surface area contributed by atoms with E-state index >= 15 is 0 Å². The Morgan fingerprint density at radius 1 is 1.12 bits per heavy atom. The van der Waals surface area contributed by atoms with Gasteiger partial charge in [0.1, 0.15) is 0 Å². The number of carbonyl (C=O) groups is 2. The van der Waals surface area contributed by atoms with Gasteiger partial charge in [0.25, 0.3) is 17.5 Å². The molecule has 0 saturated heterocycles. The van der Waals surface area contributed by atoms with Crippen molar-refractivity contribution in [3.63, 3.8) is 0 Å². The number of nitro groups is 1. The molecule has 0 bridgehead atoms. The Labute approximate surface area is 238 Å². The Bertz CT molecular complexity index is 1650. The van der Waals surface area contributed by atoms with Gasteiger partial charge in [-0.2, -0.15) is 0 Å². The summed E-state index contributed by atoms with van der Waals surface area (Å²) in [6.07, 6.45) is 1.62. The summed E-state index contributed by atoms with van der Waals surface area (Å²) in [5, 5.41) is 16.8. The highest BCUT2D eigenvalue weighted by atomic mass is 32.2. The number of nitrogens with zero attached hydrogens (tertiary/aromatic N) is 2. The average molecular weight is 580 g/mol. The second-order valence-electron chi connectivity index (χ2n) is 9.85. The lowest BCUT2D eigenvalue weighted by molar-refractivity contribution is -0.384. The number of nitro benzene ring substituents is 1. The highest BCUT2D eigenvalue weighted by Gasteiger charge is 2.28. The van der Waals surface area contributed by atoms with Crippen LogP contribution in [0.2, 0.25) is 0 Å². The first-order valence-electron chi connectivity index (χ1n) is 13.3. The van der Waals surface area contributed by atoms with Crippen LogP contribution in [0.4, 0.5) is 11.4 Å². The van der Waals surface area contributed by atoms with Crippen molar-refractivity contribution in [3.8, 4) is 0 Å². The first kappa shape index (κ1) is 29.7. The second kappa shape index (κ2) is 12.1. The first-order chi connectivity index (χ1) is 19.4. The molecule has 0 aliphatic carbocycles. The minimum Gasteiger partial charge on any atom is -0.358 e. The number of H-pyrrole nitrogens is 1. The number of anilines is 1. The van der Waals surface area contributed by atoms with E-state index in [1.807, 2.05) is 0 Å². The Balaban J connectivity index is 1.61. The quantitative estimate of drug-likeness (QED) is 0.176. The maximum atomic E-state index is 13.2. The number of rotatable bonds is 11. The number of amides is 2.